The molecule has 0 aliphatic carbocycles. The smallest absolute Gasteiger partial charge is 0.326 e. The van der Waals surface area contributed by atoms with Crippen LogP contribution < -0.4 is 5.32 Å². The van der Waals surface area contributed by atoms with Gasteiger partial charge in [-0.15, -0.1) is 0 Å². The van der Waals surface area contributed by atoms with E-state index in [0.717, 1.165) is 13.0 Å². The lowest BCUT2D eigenvalue weighted by Crippen LogP contribution is -2.43. The summed E-state index contributed by atoms with van der Waals surface area (Å²) in [4.78, 5) is 11.6. The van der Waals surface area contributed by atoms with Gasteiger partial charge in [0, 0.05) is 6.61 Å². The Labute approximate surface area is 85.0 Å². The summed E-state index contributed by atoms with van der Waals surface area (Å²) in [6.45, 7) is 7.53. The van der Waals surface area contributed by atoms with Gasteiger partial charge in [-0.25, -0.2) is 0 Å². The van der Waals surface area contributed by atoms with Crippen molar-refractivity contribution in [1.29, 1.82) is 0 Å². The van der Waals surface area contributed by atoms with Gasteiger partial charge in [0.1, 0.15) is 11.6 Å². The fourth-order valence-corrected chi connectivity index (χ4v) is 1.23. The molecular weight excluding hydrogens is 182 g/mol. The molecule has 1 saturated heterocycles. The van der Waals surface area contributed by atoms with Crippen LogP contribution in [0.4, 0.5) is 0 Å². The molecule has 1 fully saturated rings. The third kappa shape index (κ3) is 4.07. The SMILES string of the molecule is CC(C)(C)OC(=O)[C@@H]1COCCCN1. The normalized spacial score (nSPS) is 24.1. The van der Waals surface area contributed by atoms with Crippen molar-refractivity contribution in [2.75, 3.05) is 19.8 Å². The van der Waals surface area contributed by atoms with Crippen LogP contribution in [0.25, 0.3) is 0 Å². The van der Waals surface area contributed by atoms with Crippen LogP contribution in [-0.4, -0.2) is 37.4 Å². The van der Waals surface area contributed by atoms with Crippen molar-refractivity contribution in [3.05, 3.63) is 0 Å². The molecule has 82 valence electrons. The molecule has 4 heteroatoms. The van der Waals surface area contributed by atoms with E-state index in [1.165, 1.54) is 0 Å². The molecule has 0 spiro atoms. The van der Waals surface area contributed by atoms with E-state index in [1.54, 1.807) is 0 Å². The Balaban J connectivity index is 2.42. The van der Waals surface area contributed by atoms with Crippen molar-refractivity contribution in [2.45, 2.75) is 38.8 Å². The van der Waals surface area contributed by atoms with E-state index in [2.05, 4.69) is 5.32 Å². The van der Waals surface area contributed by atoms with Crippen molar-refractivity contribution in [3.8, 4) is 0 Å². The van der Waals surface area contributed by atoms with Crippen LogP contribution in [0, 0.1) is 0 Å². The summed E-state index contributed by atoms with van der Waals surface area (Å²) >= 11 is 0. The number of esters is 1. The Bertz CT molecular complexity index is 190. The topological polar surface area (TPSA) is 47.6 Å². The molecule has 1 aliphatic heterocycles. The zero-order valence-electron chi connectivity index (χ0n) is 9.13. The average molecular weight is 201 g/mol. The summed E-state index contributed by atoms with van der Waals surface area (Å²) in [5, 5.41) is 3.10. The highest BCUT2D eigenvalue weighted by atomic mass is 16.6. The van der Waals surface area contributed by atoms with Crippen LogP contribution in [0.2, 0.25) is 0 Å². The Morgan fingerprint density at radius 3 is 2.86 bits per heavy atom. The summed E-state index contributed by atoms with van der Waals surface area (Å²) in [5.41, 5.74) is -0.426. The van der Waals surface area contributed by atoms with Gasteiger partial charge >= 0.3 is 5.97 Å². The highest BCUT2D eigenvalue weighted by Gasteiger charge is 2.25. The van der Waals surface area contributed by atoms with Gasteiger partial charge in [0.25, 0.3) is 0 Å². The van der Waals surface area contributed by atoms with Crippen molar-refractivity contribution in [3.63, 3.8) is 0 Å². The molecule has 14 heavy (non-hydrogen) atoms. The molecule has 1 heterocycles. The zero-order valence-corrected chi connectivity index (χ0v) is 9.13. The van der Waals surface area contributed by atoms with Crippen molar-refractivity contribution < 1.29 is 14.3 Å². The molecule has 0 aromatic carbocycles. The van der Waals surface area contributed by atoms with Gasteiger partial charge in [-0.1, -0.05) is 0 Å². The second kappa shape index (κ2) is 4.75. The third-order valence-corrected chi connectivity index (χ3v) is 1.83. The first kappa shape index (κ1) is 11.5. The van der Waals surface area contributed by atoms with E-state index in [1.807, 2.05) is 20.8 Å². The second-order valence-electron chi connectivity index (χ2n) is 4.47. The lowest BCUT2D eigenvalue weighted by atomic mass is 10.2. The van der Waals surface area contributed by atoms with Crippen LogP contribution in [0.3, 0.4) is 0 Å². The standard InChI is InChI=1S/C10H19NO3/c1-10(2,3)14-9(12)8-7-13-6-4-5-11-8/h8,11H,4-7H2,1-3H3/t8-/m0/s1. The predicted octanol–water partition coefficient (Wildman–Crippen LogP) is 0.707. The molecule has 0 bridgehead atoms. The maximum atomic E-state index is 11.6. The average Bonchev–Trinajstić information content (AvgIpc) is 2.27. The predicted molar refractivity (Wildman–Crippen MR) is 53.1 cm³/mol. The fourth-order valence-electron chi connectivity index (χ4n) is 1.23. The molecule has 1 aliphatic rings. The van der Waals surface area contributed by atoms with E-state index in [9.17, 15) is 4.79 Å². The maximum absolute atomic E-state index is 11.6. The van der Waals surface area contributed by atoms with E-state index in [4.69, 9.17) is 9.47 Å². The quantitative estimate of drug-likeness (QED) is 0.635. The van der Waals surface area contributed by atoms with Crippen LogP contribution in [-0.2, 0) is 14.3 Å². The Morgan fingerprint density at radius 2 is 2.21 bits per heavy atom. The van der Waals surface area contributed by atoms with E-state index in [-0.39, 0.29) is 12.0 Å². The molecule has 1 atom stereocenters. The lowest BCUT2D eigenvalue weighted by Gasteiger charge is -2.23. The van der Waals surface area contributed by atoms with Crippen LogP contribution in [0.1, 0.15) is 27.2 Å². The number of hydrogen-bond acceptors (Lipinski definition) is 4. The van der Waals surface area contributed by atoms with Gasteiger partial charge in [0.2, 0.25) is 0 Å². The van der Waals surface area contributed by atoms with Gasteiger partial charge in [-0.2, -0.15) is 0 Å². The Hall–Kier alpha value is -0.610. The molecule has 0 aromatic rings. The van der Waals surface area contributed by atoms with Gasteiger partial charge in [0.05, 0.1) is 6.61 Å². The summed E-state index contributed by atoms with van der Waals surface area (Å²) in [5.74, 6) is -0.223. The molecule has 4 nitrogen and oxygen atoms in total. The fraction of sp³-hybridized carbons (Fsp3) is 0.900. The molecule has 0 aromatic heterocycles. The van der Waals surface area contributed by atoms with Crippen LogP contribution >= 0.6 is 0 Å². The summed E-state index contributed by atoms with van der Waals surface area (Å²) < 4.78 is 10.5. The van der Waals surface area contributed by atoms with Gasteiger partial charge < -0.3 is 14.8 Å². The van der Waals surface area contributed by atoms with Crippen LogP contribution in [0.15, 0.2) is 0 Å². The number of hydrogen-bond donors (Lipinski definition) is 1. The molecule has 0 amide bonds. The minimum Gasteiger partial charge on any atom is -0.459 e. The lowest BCUT2D eigenvalue weighted by molar-refractivity contribution is -0.158. The number of carbonyl (C=O) groups excluding carboxylic acids is 1. The summed E-state index contributed by atoms with van der Waals surface area (Å²) in [7, 11) is 0. The molecule has 1 N–H and O–H groups in total. The Kier molecular flexibility index (Phi) is 3.89. The van der Waals surface area contributed by atoms with Gasteiger partial charge in [-0.3, -0.25) is 4.79 Å². The van der Waals surface area contributed by atoms with Crippen molar-refractivity contribution in [2.24, 2.45) is 0 Å². The first-order valence-electron chi connectivity index (χ1n) is 5.03. The second-order valence-corrected chi connectivity index (χ2v) is 4.47. The summed E-state index contributed by atoms with van der Waals surface area (Å²) in [6.07, 6.45) is 0.944. The largest absolute Gasteiger partial charge is 0.459 e. The molecule has 1 rings (SSSR count). The number of carbonyl (C=O) groups is 1. The van der Waals surface area contributed by atoms with Gasteiger partial charge in [-0.05, 0) is 33.7 Å². The zero-order chi connectivity index (χ0) is 10.6. The third-order valence-electron chi connectivity index (χ3n) is 1.83. The van der Waals surface area contributed by atoms with E-state index < -0.39 is 5.60 Å². The number of rotatable bonds is 1. The number of nitrogens with one attached hydrogen (secondary N) is 1. The Morgan fingerprint density at radius 1 is 1.50 bits per heavy atom. The van der Waals surface area contributed by atoms with E-state index in [0.29, 0.717) is 13.2 Å². The highest BCUT2D eigenvalue weighted by molar-refractivity contribution is 5.76. The molecular formula is C10H19NO3. The monoisotopic (exact) mass is 201 g/mol. The molecule has 0 unspecified atom stereocenters. The van der Waals surface area contributed by atoms with Crippen molar-refractivity contribution in [1.82, 2.24) is 5.32 Å². The van der Waals surface area contributed by atoms with Crippen LogP contribution in [0.5, 0.6) is 0 Å². The first-order chi connectivity index (χ1) is 6.49. The number of ether oxygens (including phenoxy) is 2. The maximum Gasteiger partial charge on any atom is 0.326 e. The van der Waals surface area contributed by atoms with Gasteiger partial charge in [0.15, 0.2) is 0 Å². The minimum absolute atomic E-state index is 0.223. The van der Waals surface area contributed by atoms with Crippen molar-refractivity contribution >= 4 is 5.97 Å². The first-order valence-corrected chi connectivity index (χ1v) is 5.03. The molecule has 0 radical (unpaired) electrons. The minimum atomic E-state index is -0.426. The highest BCUT2D eigenvalue weighted by Crippen LogP contribution is 2.09. The summed E-state index contributed by atoms with van der Waals surface area (Å²) in [6, 6.07) is -0.309. The molecule has 0 saturated carbocycles. The van der Waals surface area contributed by atoms with E-state index >= 15 is 0 Å².